The molecule has 4 heteroatoms. The van der Waals surface area contributed by atoms with Crippen molar-refractivity contribution in [3.63, 3.8) is 0 Å². The normalized spacial score (nSPS) is 11.9. The Kier molecular flexibility index (Phi) is 4.79. The van der Waals surface area contributed by atoms with E-state index in [1.807, 2.05) is 32.0 Å². The second kappa shape index (κ2) is 6.57. The summed E-state index contributed by atoms with van der Waals surface area (Å²) >= 11 is 1.70. The number of nitrogens with one attached hydrogen (secondary N) is 2. The Morgan fingerprint density at radius 3 is 2.75 bits per heavy atom. The summed E-state index contributed by atoms with van der Waals surface area (Å²) in [6.07, 6.45) is 0. The van der Waals surface area contributed by atoms with Crippen molar-refractivity contribution in [2.75, 3.05) is 11.9 Å². The van der Waals surface area contributed by atoms with Gasteiger partial charge in [0.15, 0.2) is 0 Å². The number of carbonyl (C=O) groups is 1. The Morgan fingerprint density at radius 1 is 1.35 bits per heavy atom. The summed E-state index contributed by atoms with van der Waals surface area (Å²) in [7, 11) is 0. The zero-order valence-corrected chi connectivity index (χ0v) is 12.9. The number of rotatable bonds is 5. The largest absolute Gasteiger partial charge is 0.378 e. The van der Waals surface area contributed by atoms with Gasteiger partial charge in [0, 0.05) is 23.8 Å². The summed E-state index contributed by atoms with van der Waals surface area (Å²) in [5, 5.41) is 10.5. The van der Waals surface area contributed by atoms with E-state index in [-0.39, 0.29) is 11.9 Å². The standard InChI is InChI=1S/C16H20N2OS/c1-4-17-16(19)13-5-6-15(11(2)9-13)18-12(3)14-7-8-20-10-14/h5-10,12,18H,4H2,1-3H3,(H,17,19). The Labute approximate surface area is 124 Å². The number of hydrogen-bond donors (Lipinski definition) is 2. The average Bonchev–Trinajstić information content (AvgIpc) is 2.95. The summed E-state index contributed by atoms with van der Waals surface area (Å²) in [6, 6.07) is 8.15. The van der Waals surface area contributed by atoms with Crippen LogP contribution in [-0.4, -0.2) is 12.5 Å². The van der Waals surface area contributed by atoms with E-state index < -0.39 is 0 Å². The zero-order valence-electron chi connectivity index (χ0n) is 12.1. The molecular weight excluding hydrogens is 268 g/mol. The van der Waals surface area contributed by atoms with E-state index in [4.69, 9.17) is 0 Å². The van der Waals surface area contributed by atoms with Crippen LogP contribution < -0.4 is 10.6 Å². The van der Waals surface area contributed by atoms with Crippen molar-refractivity contribution < 1.29 is 4.79 Å². The molecule has 0 saturated heterocycles. The fraction of sp³-hybridized carbons (Fsp3) is 0.312. The van der Waals surface area contributed by atoms with Crippen molar-refractivity contribution in [3.05, 3.63) is 51.7 Å². The molecule has 1 aromatic carbocycles. The molecule has 3 nitrogen and oxygen atoms in total. The topological polar surface area (TPSA) is 41.1 Å². The van der Waals surface area contributed by atoms with E-state index in [0.29, 0.717) is 12.1 Å². The van der Waals surface area contributed by atoms with Crippen LogP contribution in [0, 0.1) is 6.92 Å². The molecule has 0 aliphatic heterocycles. The van der Waals surface area contributed by atoms with Gasteiger partial charge in [0.05, 0.1) is 0 Å². The van der Waals surface area contributed by atoms with Crippen LogP contribution >= 0.6 is 11.3 Å². The van der Waals surface area contributed by atoms with Gasteiger partial charge in [0.1, 0.15) is 0 Å². The summed E-state index contributed by atoms with van der Waals surface area (Å²) in [5.74, 6) is -0.0203. The van der Waals surface area contributed by atoms with E-state index in [0.717, 1.165) is 11.3 Å². The lowest BCUT2D eigenvalue weighted by Gasteiger charge is -2.16. The molecular formula is C16H20N2OS. The van der Waals surface area contributed by atoms with Crippen LogP contribution in [0.3, 0.4) is 0 Å². The van der Waals surface area contributed by atoms with Crippen molar-refractivity contribution in [3.8, 4) is 0 Å². The first-order valence-corrected chi connectivity index (χ1v) is 7.73. The van der Waals surface area contributed by atoms with Gasteiger partial charge in [0.25, 0.3) is 5.91 Å². The van der Waals surface area contributed by atoms with E-state index in [1.54, 1.807) is 11.3 Å². The van der Waals surface area contributed by atoms with E-state index in [9.17, 15) is 4.79 Å². The van der Waals surface area contributed by atoms with Crippen LogP contribution in [0.5, 0.6) is 0 Å². The van der Waals surface area contributed by atoms with Crippen LogP contribution in [0.4, 0.5) is 5.69 Å². The lowest BCUT2D eigenvalue weighted by atomic mass is 10.1. The Bertz CT molecular complexity index is 578. The first kappa shape index (κ1) is 14.6. The minimum atomic E-state index is -0.0203. The molecule has 0 aliphatic rings. The molecule has 0 fully saturated rings. The number of thiophene rings is 1. The summed E-state index contributed by atoms with van der Waals surface area (Å²) in [6.45, 7) is 6.72. The maximum absolute atomic E-state index is 11.8. The zero-order chi connectivity index (χ0) is 14.5. The Morgan fingerprint density at radius 2 is 2.15 bits per heavy atom. The molecule has 0 spiro atoms. The molecule has 106 valence electrons. The van der Waals surface area contributed by atoms with Gasteiger partial charge >= 0.3 is 0 Å². The van der Waals surface area contributed by atoms with Crippen LogP contribution in [0.1, 0.15) is 41.4 Å². The molecule has 1 heterocycles. The van der Waals surface area contributed by atoms with Crippen molar-refractivity contribution in [2.45, 2.75) is 26.8 Å². The van der Waals surface area contributed by atoms with Gasteiger partial charge in [-0.25, -0.2) is 0 Å². The van der Waals surface area contributed by atoms with Gasteiger partial charge in [-0.3, -0.25) is 4.79 Å². The van der Waals surface area contributed by atoms with Gasteiger partial charge < -0.3 is 10.6 Å². The van der Waals surface area contributed by atoms with Gasteiger partial charge in [-0.1, -0.05) is 0 Å². The number of anilines is 1. The van der Waals surface area contributed by atoms with Crippen LogP contribution in [0.25, 0.3) is 0 Å². The maximum Gasteiger partial charge on any atom is 0.251 e. The minimum absolute atomic E-state index is 0.0203. The van der Waals surface area contributed by atoms with Crippen LogP contribution in [-0.2, 0) is 0 Å². The van der Waals surface area contributed by atoms with Gasteiger partial charge in [-0.05, 0) is 66.9 Å². The number of amides is 1. The van der Waals surface area contributed by atoms with Gasteiger partial charge in [-0.2, -0.15) is 11.3 Å². The van der Waals surface area contributed by atoms with Crippen molar-refractivity contribution >= 4 is 22.9 Å². The highest BCUT2D eigenvalue weighted by atomic mass is 32.1. The molecule has 1 aromatic heterocycles. The molecule has 0 aliphatic carbocycles. The van der Waals surface area contributed by atoms with Gasteiger partial charge in [-0.15, -0.1) is 0 Å². The molecule has 2 aromatic rings. The fourth-order valence-corrected chi connectivity index (χ4v) is 2.82. The minimum Gasteiger partial charge on any atom is -0.378 e. The molecule has 2 N–H and O–H groups in total. The van der Waals surface area contributed by atoms with Gasteiger partial charge in [0.2, 0.25) is 0 Å². The summed E-state index contributed by atoms with van der Waals surface area (Å²) in [4.78, 5) is 11.8. The second-order valence-electron chi connectivity index (χ2n) is 4.81. The smallest absolute Gasteiger partial charge is 0.251 e. The van der Waals surface area contributed by atoms with E-state index in [2.05, 4.69) is 34.4 Å². The highest BCUT2D eigenvalue weighted by Gasteiger charge is 2.10. The van der Waals surface area contributed by atoms with Crippen LogP contribution in [0.15, 0.2) is 35.0 Å². The quantitative estimate of drug-likeness (QED) is 0.873. The number of aryl methyl sites for hydroxylation is 1. The highest BCUT2D eigenvalue weighted by Crippen LogP contribution is 2.24. The molecule has 2 rings (SSSR count). The molecule has 0 saturated carbocycles. The van der Waals surface area contributed by atoms with Crippen molar-refractivity contribution in [2.24, 2.45) is 0 Å². The second-order valence-corrected chi connectivity index (χ2v) is 5.59. The fourth-order valence-electron chi connectivity index (χ4n) is 2.07. The van der Waals surface area contributed by atoms with E-state index >= 15 is 0 Å². The van der Waals surface area contributed by atoms with Crippen LogP contribution in [0.2, 0.25) is 0 Å². The molecule has 1 unspecified atom stereocenters. The SMILES string of the molecule is CCNC(=O)c1ccc(NC(C)c2ccsc2)c(C)c1. The van der Waals surface area contributed by atoms with Crippen molar-refractivity contribution in [1.82, 2.24) is 5.32 Å². The monoisotopic (exact) mass is 288 g/mol. The molecule has 1 amide bonds. The van der Waals surface area contributed by atoms with Crippen molar-refractivity contribution in [1.29, 1.82) is 0 Å². The third kappa shape index (κ3) is 3.39. The molecule has 20 heavy (non-hydrogen) atoms. The first-order chi connectivity index (χ1) is 9.61. The average molecular weight is 288 g/mol. The highest BCUT2D eigenvalue weighted by molar-refractivity contribution is 7.07. The lowest BCUT2D eigenvalue weighted by molar-refractivity contribution is 0.0956. The first-order valence-electron chi connectivity index (χ1n) is 6.79. The predicted octanol–water partition coefficient (Wildman–Crippen LogP) is 3.98. The summed E-state index contributed by atoms with van der Waals surface area (Å²) in [5.41, 5.74) is 4.13. The lowest BCUT2D eigenvalue weighted by Crippen LogP contribution is -2.22. The Balaban J connectivity index is 2.12. The third-order valence-corrected chi connectivity index (χ3v) is 3.94. The molecule has 0 radical (unpaired) electrons. The predicted molar refractivity (Wildman–Crippen MR) is 85.5 cm³/mol. The summed E-state index contributed by atoms with van der Waals surface area (Å²) < 4.78 is 0. The van der Waals surface area contributed by atoms with E-state index in [1.165, 1.54) is 5.56 Å². The maximum atomic E-state index is 11.8. The number of benzene rings is 1. The molecule has 0 bridgehead atoms. The number of hydrogen-bond acceptors (Lipinski definition) is 3. The Hall–Kier alpha value is -1.81. The molecule has 1 atom stereocenters. The third-order valence-electron chi connectivity index (χ3n) is 3.24. The number of carbonyl (C=O) groups excluding carboxylic acids is 1.